The molecule has 0 amide bonds. The predicted octanol–water partition coefficient (Wildman–Crippen LogP) is 2.42. The summed E-state index contributed by atoms with van der Waals surface area (Å²) in [7, 11) is 0. The summed E-state index contributed by atoms with van der Waals surface area (Å²) in [5, 5.41) is 3.48. The van der Waals surface area contributed by atoms with Crippen LogP contribution in [0.4, 0.5) is 0 Å². The molecule has 13 heavy (non-hydrogen) atoms. The van der Waals surface area contributed by atoms with Gasteiger partial charge in [-0.1, -0.05) is 6.42 Å². The standard InChI is InChI=1S/C12H21N/c1-2-11-7-9(1)8-12(11)10-3-5-13-6-4-10/h9-13H,1-8H2. The van der Waals surface area contributed by atoms with Gasteiger partial charge in [-0.05, 0) is 68.9 Å². The molecule has 1 heteroatoms. The van der Waals surface area contributed by atoms with E-state index in [0.29, 0.717) is 0 Å². The Balaban J connectivity index is 1.65. The lowest BCUT2D eigenvalue weighted by Gasteiger charge is -2.33. The minimum Gasteiger partial charge on any atom is -0.317 e. The highest BCUT2D eigenvalue weighted by molar-refractivity contribution is 4.93. The molecule has 0 aromatic rings. The van der Waals surface area contributed by atoms with Crippen molar-refractivity contribution < 1.29 is 0 Å². The molecule has 2 bridgehead atoms. The van der Waals surface area contributed by atoms with Gasteiger partial charge < -0.3 is 5.32 Å². The van der Waals surface area contributed by atoms with E-state index in [9.17, 15) is 0 Å². The third-order valence-corrected chi connectivity index (χ3v) is 4.78. The molecule has 0 spiro atoms. The molecule has 1 aliphatic heterocycles. The Kier molecular flexibility index (Phi) is 2.08. The van der Waals surface area contributed by atoms with E-state index in [1.165, 1.54) is 25.9 Å². The van der Waals surface area contributed by atoms with Crippen molar-refractivity contribution in [1.29, 1.82) is 0 Å². The van der Waals surface area contributed by atoms with Gasteiger partial charge in [0.1, 0.15) is 0 Å². The average Bonchev–Trinajstić information content (AvgIpc) is 2.80. The molecule has 3 aliphatic rings. The van der Waals surface area contributed by atoms with Crippen LogP contribution in [-0.2, 0) is 0 Å². The van der Waals surface area contributed by atoms with Crippen LogP contribution in [0.25, 0.3) is 0 Å². The lowest BCUT2D eigenvalue weighted by molar-refractivity contribution is 0.187. The fourth-order valence-corrected chi connectivity index (χ4v) is 4.14. The van der Waals surface area contributed by atoms with Crippen molar-refractivity contribution in [2.24, 2.45) is 23.7 Å². The summed E-state index contributed by atoms with van der Waals surface area (Å²) in [5.41, 5.74) is 0. The monoisotopic (exact) mass is 179 g/mol. The van der Waals surface area contributed by atoms with E-state index >= 15 is 0 Å². The molecule has 1 nitrogen and oxygen atoms in total. The van der Waals surface area contributed by atoms with Crippen molar-refractivity contribution in [2.75, 3.05) is 13.1 Å². The quantitative estimate of drug-likeness (QED) is 0.652. The Hall–Kier alpha value is -0.0400. The van der Waals surface area contributed by atoms with Gasteiger partial charge in [0.25, 0.3) is 0 Å². The molecule has 3 rings (SSSR count). The third-order valence-electron chi connectivity index (χ3n) is 4.78. The van der Waals surface area contributed by atoms with Gasteiger partial charge in [0.2, 0.25) is 0 Å². The SMILES string of the molecule is C1CC(C2CC3CCC2C3)CCN1. The van der Waals surface area contributed by atoms with Crippen LogP contribution in [0.1, 0.15) is 38.5 Å². The zero-order valence-corrected chi connectivity index (χ0v) is 8.47. The fourth-order valence-electron chi connectivity index (χ4n) is 4.14. The normalized spacial score (nSPS) is 45.7. The minimum absolute atomic E-state index is 1.09. The van der Waals surface area contributed by atoms with Crippen molar-refractivity contribution in [1.82, 2.24) is 5.32 Å². The van der Waals surface area contributed by atoms with Crippen LogP contribution < -0.4 is 5.32 Å². The van der Waals surface area contributed by atoms with Crippen molar-refractivity contribution in [2.45, 2.75) is 38.5 Å². The van der Waals surface area contributed by atoms with Gasteiger partial charge in [-0.3, -0.25) is 0 Å². The second kappa shape index (κ2) is 3.27. The fraction of sp³-hybridized carbons (Fsp3) is 1.00. The summed E-state index contributed by atoms with van der Waals surface area (Å²) in [4.78, 5) is 0. The molecule has 2 aliphatic carbocycles. The Bertz CT molecular complexity index is 184. The molecular formula is C12H21N. The van der Waals surface area contributed by atoms with E-state index in [4.69, 9.17) is 0 Å². The van der Waals surface area contributed by atoms with Gasteiger partial charge in [0.05, 0.1) is 0 Å². The summed E-state index contributed by atoms with van der Waals surface area (Å²) < 4.78 is 0. The predicted molar refractivity (Wildman–Crippen MR) is 54.5 cm³/mol. The van der Waals surface area contributed by atoms with E-state index in [1.807, 2.05) is 0 Å². The first-order valence-electron chi connectivity index (χ1n) is 6.14. The smallest absolute Gasteiger partial charge is 0.00462 e. The summed E-state index contributed by atoms with van der Waals surface area (Å²) in [6.07, 6.45) is 9.25. The first-order chi connectivity index (χ1) is 6.43. The second-order valence-corrected chi connectivity index (χ2v) is 5.43. The Labute approximate surface area is 81.3 Å². The molecule has 3 atom stereocenters. The van der Waals surface area contributed by atoms with E-state index in [-0.39, 0.29) is 0 Å². The van der Waals surface area contributed by atoms with Gasteiger partial charge in [-0.15, -0.1) is 0 Å². The molecule has 1 heterocycles. The topological polar surface area (TPSA) is 12.0 Å². The van der Waals surface area contributed by atoms with Crippen LogP contribution in [0.5, 0.6) is 0 Å². The van der Waals surface area contributed by atoms with E-state index in [0.717, 1.165) is 23.7 Å². The number of piperidine rings is 1. The largest absolute Gasteiger partial charge is 0.317 e. The first kappa shape index (κ1) is 8.28. The van der Waals surface area contributed by atoms with E-state index in [1.54, 1.807) is 25.7 Å². The van der Waals surface area contributed by atoms with Crippen LogP contribution in [0.3, 0.4) is 0 Å². The highest BCUT2D eigenvalue weighted by Gasteiger charge is 2.42. The minimum atomic E-state index is 1.09. The van der Waals surface area contributed by atoms with Crippen LogP contribution in [0.15, 0.2) is 0 Å². The number of rotatable bonds is 1. The van der Waals surface area contributed by atoms with Crippen molar-refractivity contribution in [3.05, 3.63) is 0 Å². The lowest BCUT2D eigenvalue weighted by Crippen LogP contribution is -2.33. The lowest BCUT2D eigenvalue weighted by atomic mass is 9.75. The molecular weight excluding hydrogens is 158 g/mol. The summed E-state index contributed by atoms with van der Waals surface area (Å²) in [6, 6.07) is 0. The first-order valence-corrected chi connectivity index (χ1v) is 6.14. The summed E-state index contributed by atoms with van der Waals surface area (Å²) >= 11 is 0. The zero-order chi connectivity index (χ0) is 8.67. The van der Waals surface area contributed by atoms with Gasteiger partial charge in [-0.25, -0.2) is 0 Å². The molecule has 1 N–H and O–H groups in total. The van der Waals surface area contributed by atoms with Crippen LogP contribution in [-0.4, -0.2) is 13.1 Å². The molecule has 0 radical (unpaired) electrons. The molecule has 74 valence electrons. The van der Waals surface area contributed by atoms with Crippen molar-refractivity contribution in [3.8, 4) is 0 Å². The zero-order valence-electron chi connectivity index (χ0n) is 8.47. The number of hydrogen-bond acceptors (Lipinski definition) is 1. The molecule has 0 aromatic carbocycles. The Morgan fingerprint density at radius 3 is 2.23 bits per heavy atom. The Morgan fingerprint density at radius 2 is 1.62 bits per heavy atom. The molecule has 3 fully saturated rings. The second-order valence-electron chi connectivity index (χ2n) is 5.43. The summed E-state index contributed by atoms with van der Waals surface area (Å²) in [5.74, 6) is 4.52. The summed E-state index contributed by atoms with van der Waals surface area (Å²) in [6.45, 7) is 2.58. The highest BCUT2D eigenvalue weighted by Crippen LogP contribution is 2.52. The average molecular weight is 179 g/mol. The molecule has 1 saturated heterocycles. The number of nitrogens with one attached hydrogen (secondary N) is 1. The van der Waals surface area contributed by atoms with E-state index < -0.39 is 0 Å². The number of fused-ring (bicyclic) bond motifs is 2. The molecule has 0 aromatic heterocycles. The van der Waals surface area contributed by atoms with Crippen molar-refractivity contribution >= 4 is 0 Å². The molecule has 2 saturated carbocycles. The van der Waals surface area contributed by atoms with Gasteiger partial charge in [0.15, 0.2) is 0 Å². The number of hydrogen-bond donors (Lipinski definition) is 1. The maximum atomic E-state index is 3.48. The molecule has 3 unspecified atom stereocenters. The van der Waals surface area contributed by atoms with Gasteiger partial charge >= 0.3 is 0 Å². The van der Waals surface area contributed by atoms with Gasteiger partial charge in [-0.2, -0.15) is 0 Å². The van der Waals surface area contributed by atoms with Crippen LogP contribution in [0.2, 0.25) is 0 Å². The van der Waals surface area contributed by atoms with Crippen LogP contribution >= 0.6 is 0 Å². The van der Waals surface area contributed by atoms with E-state index in [2.05, 4.69) is 5.32 Å². The third kappa shape index (κ3) is 1.41. The highest BCUT2D eigenvalue weighted by atomic mass is 14.9. The maximum absolute atomic E-state index is 3.48. The maximum Gasteiger partial charge on any atom is -0.00462 e. The van der Waals surface area contributed by atoms with Crippen molar-refractivity contribution in [3.63, 3.8) is 0 Å². The Morgan fingerprint density at radius 1 is 0.769 bits per heavy atom. The van der Waals surface area contributed by atoms with Crippen LogP contribution in [0, 0.1) is 23.7 Å². The van der Waals surface area contributed by atoms with Gasteiger partial charge in [0, 0.05) is 0 Å².